The number of likely N-dealkylation sites (tertiary alicyclic amines) is 1. The predicted octanol–water partition coefficient (Wildman–Crippen LogP) is 5.29. The highest BCUT2D eigenvalue weighted by molar-refractivity contribution is 5.90. The van der Waals surface area contributed by atoms with Gasteiger partial charge in [0.2, 0.25) is 5.91 Å². The molecule has 4 rings (SSSR count). The van der Waals surface area contributed by atoms with E-state index in [0.717, 1.165) is 47.9 Å². The zero-order valence-electron chi connectivity index (χ0n) is 20.9. The van der Waals surface area contributed by atoms with Crippen molar-refractivity contribution in [1.29, 1.82) is 0 Å². The van der Waals surface area contributed by atoms with E-state index in [2.05, 4.69) is 30.8 Å². The fourth-order valence-electron chi connectivity index (χ4n) is 5.45. The molecule has 0 aromatic heterocycles. The number of ether oxygens (including phenoxy) is 1. The van der Waals surface area contributed by atoms with Gasteiger partial charge in [-0.15, -0.1) is 12.4 Å². The van der Waals surface area contributed by atoms with Crippen molar-refractivity contribution in [3.63, 3.8) is 0 Å². The number of aliphatic carboxylic acids is 1. The Balaban J connectivity index is 0.00000361. The first-order valence-electron chi connectivity index (χ1n) is 12.6. The number of hydrogen-bond acceptors (Lipinski definition) is 4. The van der Waals surface area contributed by atoms with E-state index in [4.69, 9.17) is 10.5 Å². The van der Waals surface area contributed by atoms with Crippen molar-refractivity contribution in [2.24, 2.45) is 11.7 Å². The van der Waals surface area contributed by atoms with Crippen LogP contribution in [-0.2, 0) is 20.9 Å². The second-order valence-corrected chi connectivity index (χ2v) is 10.1. The third-order valence-corrected chi connectivity index (χ3v) is 7.65. The summed E-state index contributed by atoms with van der Waals surface area (Å²) in [4.78, 5) is 27.0. The number of carboxylic acid groups (broad SMARTS) is 1. The van der Waals surface area contributed by atoms with E-state index in [1.54, 1.807) is 6.92 Å². The second kappa shape index (κ2) is 12.0. The number of nitrogens with two attached hydrogens (primary N) is 1. The molecule has 2 aromatic rings. The molecule has 0 radical (unpaired) electrons. The lowest BCUT2D eigenvalue weighted by atomic mass is 9.83. The highest BCUT2D eigenvalue weighted by Gasteiger charge is 2.52. The molecule has 6 nitrogen and oxygen atoms in total. The van der Waals surface area contributed by atoms with Crippen LogP contribution < -0.4 is 5.73 Å². The standard InChI is InChI=1S/C29H36N2O4.ClH/c1-3-20-9-7-13-23(15-20)24-14-8-10-21(16-24)19-35-25-17-29(2,28(33)34)31(18-25)27(32)26(30)22-11-5-4-6-12-22;/h3,7-10,13-16,22,25-26H,1,4-6,11-12,17-19,30H2,2H3,(H,33,34);1H/t25-,26+,29+;/m1./s1. The molecule has 1 amide bonds. The van der Waals surface area contributed by atoms with Gasteiger partial charge < -0.3 is 20.5 Å². The van der Waals surface area contributed by atoms with Gasteiger partial charge >= 0.3 is 5.97 Å². The van der Waals surface area contributed by atoms with Crippen LogP contribution in [0.15, 0.2) is 55.1 Å². The largest absolute Gasteiger partial charge is 0.480 e. The van der Waals surface area contributed by atoms with Gasteiger partial charge in [0, 0.05) is 13.0 Å². The zero-order chi connectivity index (χ0) is 25.0. The van der Waals surface area contributed by atoms with E-state index in [1.165, 1.54) is 11.3 Å². The predicted molar refractivity (Wildman–Crippen MR) is 145 cm³/mol. The molecule has 1 heterocycles. The Morgan fingerprint density at radius 2 is 1.83 bits per heavy atom. The maximum atomic E-state index is 13.3. The molecule has 0 unspecified atom stereocenters. The molecule has 1 saturated carbocycles. The molecule has 36 heavy (non-hydrogen) atoms. The number of carbonyl (C=O) groups is 2. The Bertz CT molecular complexity index is 1080. The average molecular weight is 513 g/mol. The number of nitrogens with zero attached hydrogens (tertiary/aromatic N) is 1. The minimum atomic E-state index is -1.32. The van der Waals surface area contributed by atoms with Crippen LogP contribution in [0.1, 0.15) is 56.6 Å². The lowest BCUT2D eigenvalue weighted by molar-refractivity contribution is -0.156. The fraction of sp³-hybridized carbons (Fsp3) is 0.448. The lowest BCUT2D eigenvalue weighted by Crippen LogP contribution is -2.57. The van der Waals surface area contributed by atoms with Crippen LogP contribution >= 0.6 is 12.4 Å². The van der Waals surface area contributed by atoms with Crippen LogP contribution in [0, 0.1) is 5.92 Å². The van der Waals surface area contributed by atoms with Crippen LogP contribution in [-0.4, -0.2) is 46.1 Å². The Labute approximate surface area is 219 Å². The number of carbonyl (C=O) groups excluding carboxylic acids is 1. The van der Waals surface area contributed by atoms with Crippen molar-refractivity contribution >= 4 is 30.4 Å². The number of halogens is 1. The SMILES string of the molecule is C=Cc1cccc(-c2cccc(CO[C@H]3CN(C(=O)[C@@H](N)C4CCCCC4)[C@](C)(C(=O)O)C3)c2)c1.Cl. The quantitative estimate of drug-likeness (QED) is 0.501. The van der Waals surface area contributed by atoms with E-state index in [0.29, 0.717) is 6.61 Å². The van der Waals surface area contributed by atoms with Crippen molar-refractivity contribution in [3.8, 4) is 11.1 Å². The zero-order valence-corrected chi connectivity index (χ0v) is 21.7. The van der Waals surface area contributed by atoms with Gasteiger partial charge in [-0.2, -0.15) is 0 Å². The van der Waals surface area contributed by atoms with Crippen LogP contribution in [0.3, 0.4) is 0 Å². The number of rotatable bonds is 8. The monoisotopic (exact) mass is 512 g/mol. The van der Waals surface area contributed by atoms with Gasteiger partial charge in [0.05, 0.1) is 18.8 Å². The molecular formula is C29H37ClN2O4. The molecule has 194 valence electrons. The smallest absolute Gasteiger partial charge is 0.329 e. The highest BCUT2D eigenvalue weighted by atomic mass is 35.5. The fourth-order valence-corrected chi connectivity index (χ4v) is 5.45. The van der Waals surface area contributed by atoms with Crippen LogP contribution in [0.25, 0.3) is 17.2 Å². The van der Waals surface area contributed by atoms with E-state index in [9.17, 15) is 14.7 Å². The second-order valence-electron chi connectivity index (χ2n) is 10.1. The van der Waals surface area contributed by atoms with Gasteiger partial charge in [0.1, 0.15) is 5.54 Å². The minimum absolute atomic E-state index is 0. The topological polar surface area (TPSA) is 92.9 Å². The number of amides is 1. The molecule has 3 N–H and O–H groups in total. The maximum Gasteiger partial charge on any atom is 0.329 e. The average Bonchev–Trinajstić information content (AvgIpc) is 3.25. The molecule has 1 aliphatic heterocycles. The summed E-state index contributed by atoms with van der Waals surface area (Å²) in [7, 11) is 0. The number of hydrogen-bond donors (Lipinski definition) is 2. The number of carboxylic acids is 1. The molecule has 2 aromatic carbocycles. The van der Waals surface area contributed by atoms with Crippen molar-refractivity contribution in [3.05, 3.63) is 66.2 Å². The third kappa shape index (κ3) is 6.00. The van der Waals surface area contributed by atoms with Gasteiger partial charge in [-0.1, -0.05) is 68.3 Å². The summed E-state index contributed by atoms with van der Waals surface area (Å²) in [5, 5.41) is 9.99. The van der Waals surface area contributed by atoms with Gasteiger partial charge in [0.25, 0.3) is 0 Å². The third-order valence-electron chi connectivity index (χ3n) is 7.65. The molecule has 0 bridgehead atoms. The van der Waals surface area contributed by atoms with Gasteiger partial charge in [-0.25, -0.2) is 4.79 Å². The van der Waals surface area contributed by atoms with E-state index >= 15 is 0 Å². The summed E-state index contributed by atoms with van der Waals surface area (Å²) in [6, 6.07) is 15.6. The summed E-state index contributed by atoms with van der Waals surface area (Å²) in [5.74, 6) is -1.16. The molecule has 0 spiro atoms. The molecule has 1 aliphatic carbocycles. The van der Waals surface area contributed by atoms with Crippen molar-refractivity contribution in [2.45, 2.75) is 69.7 Å². The van der Waals surface area contributed by atoms with Crippen molar-refractivity contribution < 1.29 is 19.4 Å². The minimum Gasteiger partial charge on any atom is -0.480 e. The molecule has 1 saturated heterocycles. The summed E-state index contributed by atoms with van der Waals surface area (Å²) in [5.41, 5.74) is 9.26. The van der Waals surface area contributed by atoms with E-state index in [1.807, 2.05) is 30.3 Å². The highest BCUT2D eigenvalue weighted by Crippen LogP contribution is 2.35. The van der Waals surface area contributed by atoms with Crippen LogP contribution in [0.5, 0.6) is 0 Å². The van der Waals surface area contributed by atoms with Gasteiger partial charge in [-0.3, -0.25) is 4.79 Å². The maximum absolute atomic E-state index is 13.3. The Kier molecular flexibility index (Phi) is 9.34. The molecule has 2 aliphatic rings. The number of benzene rings is 2. The van der Waals surface area contributed by atoms with Gasteiger partial charge in [0.15, 0.2) is 0 Å². The Morgan fingerprint density at radius 3 is 2.50 bits per heavy atom. The first-order valence-corrected chi connectivity index (χ1v) is 12.6. The summed E-state index contributed by atoms with van der Waals surface area (Å²) >= 11 is 0. The first kappa shape index (κ1) is 27.9. The first-order chi connectivity index (χ1) is 16.8. The Morgan fingerprint density at radius 1 is 1.17 bits per heavy atom. The van der Waals surface area contributed by atoms with Crippen LogP contribution in [0.4, 0.5) is 0 Å². The van der Waals surface area contributed by atoms with Crippen molar-refractivity contribution in [1.82, 2.24) is 4.90 Å². The summed E-state index contributed by atoms with van der Waals surface area (Å²) < 4.78 is 6.16. The molecule has 3 atom stereocenters. The van der Waals surface area contributed by atoms with E-state index < -0.39 is 17.6 Å². The van der Waals surface area contributed by atoms with Gasteiger partial charge in [-0.05, 0) is 60.1 Å². The van der Waals surface area contributed by atoms with Crippen molar-refractivity contribution in [2.75, 3.05) is 6.54 Å². The summed E-state index contributed by atoms with van der Waals surface area (Å²) in [6.07, 6.45) is 6.87. The summed E-state index contributed by atoms with van der Waals surface area (Å²) in [6.45, 7) is 6.03. The Hall–Kier alpha value is -2.67. The molecule has 2 fully saturated rings. The molecular weight excluding hydrogens is 476 g/mol. The lowest BCUT2D eigenvalue weighted by Gasteiger charge is -2.35. The van der Waals surface area contributed by atoms with E-state index in [-0.39, 0.29) is 43.3 Å². The van der Waals surface area contributed by atoms with Crippen LogP contribution in [0.2, 0.25) is 0 Å². The molecule has 7 heteroatoms. The normalized spacial score (nSPS) is 23.1.